The first-order valence-electron chi connectivity index (χ1n) is 3.11. The number of methoxy groups -OCH3 is 1. The molecule has 0 atom stereocenters. The van der Waals surface area contributed by atoms with Gasteiger partial charge >= 0.3 is 0 Å². The standard InChI is InChI=1S/C8H8N2O/c1-11-8-3-6(5-9)2-7(10)4-8/h2-4H,10H2,1H3. The van der Waals surface area contributed by atoms with Crippen molar-refractivity contribution >= 4 is 5.69 Å². The monoisotopic (exact) mass is 148 g/mol. The van der Waals surface area contributed by atoms with Gasteiger partial charge in [0.25, 0.3) is 0 Å². The van der Waals surface area contributed by atoms with Crippen molar-refractivity contribution < 1.29 is 4.74 Å². The van der Waals surface area contributed by atoms with Crippen LogP contribution in [0, 0.1) is 11.3 Å². The van der Waals surface area contributed by atoms with Crippen LogP contribution in [0.25, 0.3) is 0 Å². The second-order valence-electron chi connectivity index (χ2n) is 2.11. The van der Waals surface area contributed by atoms with Gasteiger partial charge < -0.3 is 10.5 Å². The van der Waals surface area contributed by atoms with Crippen LogP contribution in [-0.2, 0) is 0 Å². The number of anilines is 1. The van der Waals surface area contributed by atoms with E-state index < -0.39 is 0 Å². The molecule has 11 heavy (non-hydrogen) atoms. The molecule has 1 aromatic rings. The Hall–Kier alpha value is -1.69. The lowest BCUT2D eigenvalue weighted by Gasteiger charge is -2.00. The van der Waals surface area contributed by atoms with Gasteiger partial charge in [0.1, 0.15) is 5.75 Å². The highest BCUT2D eigenvalue weighted by Crippen LogP contribution is 2.17. The van der Waals surface area contributed by atoms with Crippen LogP contribution < -0.4 is 10.5 Å². The number of rotatable bonds is 1. The van der Waals surface area contributed by atoms with Crippen molar-refractivity contribution in [2.75, 3.05) is 12.8 Å². The molecule has 0 radical (unpaired) electrons. The number of benzene rings is 1. The zero-order valence-electron chi connectivity index (χ0n) is 6.16. The third-order valence-electron chi connectivity index (χ3n) is 1.29. The van der Waals surface area contributed by atoms with Crippen LogP contribution in [0.15, 0.2) is 18.2 Å². The van der Waals surface area contributed by atoms with Crippen molar-refractivity contribution in [1.29, 1.82) is 5.26 Å². The molecule has 3 heteroatoms. The van der Waals surface area contributed by atoms with E-state index in [1.807, 2.05) is 6.07 Å². The number of hydrogen-bond acceptors (Lipinski definition) is 3. The van der Waals surface area contributed by atoms with Crippen molar-refractivity contribution in [2.24, 2.45) is 0 Å². The Morgan fingerprint density at radius 2 is 2.18 bits per heavy atom. The van der Waals surface area contributed by atoms with Crippen LogP contribution in [0.5, 0.6) is 5.75 Å². The Morgan fingerprint density at radius 3 is 2.73 bits per heavy atom. The maximum Gasteiger partial charge on any atom is 0.122 e. The normalized spacial score (nSPS) is 8.73. The van der Waals surface area contributed by atoms with Gasteiger partial charge in [-0.05, 0) is 12.1 Å². The van der Waals surface area contributed by atoms with E-state index >= 15 is 0 Å². The summed E-state index contributed by atoms with van der Waals surface area (Å²) in [4.78, 5) is 0. The molecule has 0 heterocycles. The van der Waals surface area contributed by atoms with E-state index in [2.05, 4.69) is 0 Å². The smallest absolute Gasteiger partial charge is 0.122 e. The number of nitrogens with zero attached hydrogens (tertiary/aromatic N) is 1. The molecule has 0 aromatic heterocycles. The molecular formula is C8H8N2O. The van der Waals surface area contributed by atoms with Gasteiger partial charge in [-0.15, -0.1) is 0 Å². The van der Waals surface area contributed by atoms with Crippen molar-refractivity contribution in [3.8, 4) is 11.8 Å². The zero-order chi connectivity index (χ0) is 8.27. The summed E-state index contributed by atoms with van der Waals surface area (Å²) < 4.78 is 4.91. The molecule has 0 unspecified atom stereocenters. The van der Waals surface area contributed by atoms with Crippen LogP contribution in [0.4, 0.5) is 5.69 Å². The van der Waals surface area contributed by atoms with Crippen molar-refractivity contribution in [3.63, 3.8) is 0 Å². The van der Waals surface area contributed by atoms with Crippen LogP contribution in [0.3, 0.4) is 0 Å². The van der Waals surface area contributed by atoms with E-state index in [0.29, 0.717) is 17.0 Å². The summed E-state index contributed by atoms with van der Waals surface area (Å²) in [7, 11) is 1.54. The van der Waals surface area contributed by atoms with Gasteiger partial charge in [0.05, 0.1) is 18.7 Å². The maximum absolute atomic E-state index is 8.52. The molecule has 0 aliphatic carbocycles. The number of nitriles is 1. The maximum atomic E-state index is 8.52. The van der Waals surface area contributed by atoms with E-state index in [9.17, 15) is 0 Å². The molecule has 56 valence electrons. The highest BCUT2D eigenvalue weighted by molar-refractivity contribution is 5.51. The van der Waals surface area contributed by atoms with E-state index in [0.717, 1.165) is 0 Å². The molecular weight excluding hydrogens is 140 g/mol. The molecule has 2 N–H and O–H groups in total. The predicted molar refractivity (Wildman–Crippen MR) is 42.1 cm³/mol. The zero-order valence-corrected chi connectivity index (χ0v) is 6.16. The largest absolute Gasteiger partial charge is 0.497 e. The highest BCUT2D eigenvalue weighted by Gasteiger charge is 1.96. The highest BCUT2D eigenvalue weighted by atomic mass is 16.5. The van der Waals surface area contributed by atoms with Crippen LogP contribution >= 0.6 is 0 Å². The van der Waals surface area contributed by atoms with Crippen molar-refractivity contribution in [3.05, 3.63) is 23.8 Å². The summed E-state index contributed by atoms with van der Waals surface area (Å²) in [5.41, 5.74) is 6.54. The van der Waals surface area contributed by atoms with Gasteiger partial charge in [-0.1, -0.05) is 0 Å². The minimum absolute atomic E-state index is 0.516. The molecule has 0 spiro atoms. The first-order valence-corrected chi connectivity index (χ1v) is 3.11. The first kappa shape index (κ1) is 7.42. The molecule has 0 bridgehead atoms. The lowest BCUT2D eigenvalue weighted by atomic mass is 10.2. The first-order chi connectivity index (χ1) is 5.26. The predicted octanol–water partition coefficient (Wildman–Crippen LogP) is 1.15. The fourth-order valence-electron chi connectivity index (χ4n) is 0.804. The molecule has 1 aromatic carbocycles. The second-order valence-corrected chi connectivity index (χ2v) is 2.11. The van der Waals surface area contributed by atoms with E-state index in [1.54, 1.807) is 18.2 Å². The van der Waals surface area contributed by atoms with Gasteiger partial charge in [0, 0.05) is 11.8 Å². The topological polar surface area (TPSA) is 59.0 Å². The third kappa shape index (κ3) is 1.62. The summed E-state index contributed by atoms with van der Waals surface area (Å²) in [5.74, 6) is 0.613. The summed E-state index contributed by atoms with van der Waals surface area (Å²) in [6, 6.07) is 6.88. The quantitative estimate of drug-likeness (QED) is 0.607. The Balaban J connectivity index is 3.15. The average molecular weight is 148 g/mol. The summed E-state index contributed by atoms with van der Waals surface area (Å²) in [6.45, 7) is 0. The van der Waals surface area contributed by atoms with Gasteiger partial charge in [0.2, 0.25) is 0 Å². The van der Waals surface area contributed by atoms with E-state index in [-0.39, 0.29) is 0 Å². The summed E-state index contributed by atoms with van der Waals surface area (Å²) in [6.07, 6.45) is 0. The Kier molecular flexibility index (Phi) is 1.98. The molecule has 1 rings (SSSR count). The summed E-state index contributed by atoms with van der Waals surface area (Å²) in [5, 5.41) is 8.52. The molecule has 0 saturated heterocycles. The van der Waals surface area contributed by atoms with Gasteiger partial charge in [-0.2, -0.15) is 5.26 Å². The Labute approximate surface area is 65.0 Å². The van der Waals surface area contributed by atoms with Gasteiger partial charge in [-0.3, -0.25) is 0 Å². The molecule has 0 fully saturated rings. The minimum Gasteiger partial charge on any atom is -0.497 e. The lowest BCUT2D eigenvalue weighted by Crippen LogP contribution is -1.89. The van der Waals surface area contributed by atoms with Crippen LogP contribution in [0.2, 0.25) is 0 Å². The number of nitrogen functional groups attached to an aromatic ring is 1. The number of hydrogen-bond donors (Lipinski definition) is 1. The second kappa shape index (κ2) is 2.93. The Bertz CT molecular complexity index is 301. The van der Waals surface area contributed by atoms with Gasteiger partial charge in [-0.25, -0.2) is 0 Å². The van der Waals surface area contributed by atoms with E-state index in [4.69, 9.17) is 15.7 Å². The molecule has 0 aliphatic rings. The molecule has 3 nitrogen and oxygen atoms in total. The third-order valence-corrected chi connectivity index (χ3v) is 1.29. The average Bonchev–Trinajstić information content (AvgIpc) is 2.03. The SMILES string of the molecule is COc1cc(N)cc(C#N)c1. The van der Waals surface area contributed by atoms with Crippen molar-refractivity contribution in [2.45, 2.75) is 0 Å². The van der Waals surface area contributed by atoms with Crippen molar-refractivity contribution in [1.82, 2.24) is 0 Å². The number of ether oxygens (including phenoxy) is 1. The fraction of sp³-hybridized carbons (Fsp3) is 0.125. The minimum atomic E-state index is 0.516. The van der Waals surface area contributed by atoms with Crippen LogP contribution in [0.1, 0.15) is 5.56 Å². The van der Waals surface area contributed by atoms with Gasteiger partial charge in [0.15, 0.2) is 0 Å². The lowest BCUT2D eigenvalue weighted by molar-refractivity contribution is 0.415. The summed E-state index contributed by atoms with van der Waals surface area (Å²) >= 11 is 0. The fourth-order valence-corrected chi connectivity index (χ4v) is 0.804. The van der Waals surface area contributed by atoms with Crippen LogP contribution in [-0.4, -0.2) is 7.11 Å². The number of nitrogens with two attached hydrogens (primary N) is 1. The molecule has 0 saturated carbocycles. The molecule has 0 amide bonds. The Morgan fingerprint density at radius 1 is 1.45 bits per heavy atom. The molecule has 0 aliphatic heterocycles. The van der Waals surface area contributed by atoms with E-state index in [1.165, 1.54) is 7.11 Å².